The molecule has 0 radical (unpaired) electrons. The van der Waals surface area contributed by atoms with Crippen LogP contribution in [0.25, 0.3) is 0 Å². The van der Waals surface area contributed by atoms with Crippen LogP contribution < -0.4 is 0 Å². The lowest BCUT2D eigenvalue weighted by Crippen LogP contribution is -2.30. The van der Waals surface area contributed by atoms with Gasteiger partial charge in [-0.1, -0.05) is 228 Å². The molecule has 0 saturated carbocycles. The highest BCUT2D eigenvalue weighted by Crippen LogP contribution is 2.11. The van der Waals surface area contributed by atoms with E-state index in [4.69, 9.17) is 14.2 Å². The Morgan fingerprint density at radius 1 is 0.260 bits per heavy atom. The zero-order chi connectivity index (χ0) is 55.7. The van der Waals surface area contributed by atoms with Crippen LogP contribution in [0.3, 0.4) is 0 Å². The van der Waals surface area contributed by atoms with Crippen molar-refractivity contribution in [2.45, 2.75) is 219 Å². The van der Waals surface area contributed by atoms with Crippen LogP contribution in [0.2, 0.25) is 0 Å². The number of carbonyl (C=O) groups excluding carboxylic acids is 3. The van der Waals surface area contributed by atoms with E-state index in [-0.39, 0.29) is 44.0 Å². The van der Waals surface area contributed by atoms with Crippen molar-refractivity contribution in [1.82, 2.24) is 0 Å². The molecular formula is C71H106O6. The first-order valence-corrected chi connectivity index (χ1v) is 29.9. The summed E-state index contributed by atoms with van der Waals surface area (Å²) in [7, 11) is 0. The number of esters is 3. The SMILES string of the molecule is CC/C=C\C/C=C\C/C=C\C/C=C\C/C=C\C/C=C\CCCCC(=O)OCC(COC(=O)CCCCC/C=C\C/C=C\C/C=C\C/C=C\C/C=C\CC)OC(=O)CCCCC/C=C\C/C=C\C/C=C\C/C=C\C/C=C\CC. The molecule has 6 nitrogen and oxygen atoms in total. The van der Waals surface area contributed by atoms with E-state index in [0.717, 1.165) is 161 Å². The molecule has 0 aromatic carbocycles. The third-order valence-corrected chi connectivity index (χ3v) is 11.6. The van der Waals surface area contributed by atoms with Gasteiger partial charge >= 0.3 is 17.9 Å². The average molecular weight is 1060 g/mol. The minimum atomic E-state index is -0.842. The van der Waals surface area contributed by atoms with Crippen molar-refractivity contribution in [3.63, 3.8) is 0 Å². The van der Waals surface area contributed by atoms with Gasteiger partial charge in [0.25, 0.3) is 0 Å². The second kappa shape index (κ2) is 62.8. The molecule has 0 aromatic rings. The molecule has 77 heavy (non-hydrogen) atoms. The molecule has 0 aliphatic heterocycles. The van der Waals surface area contributed by atoms with Crippen molar-refractivity contribution in [2.75, 3.05) is 13.2 Å². The number of hydrogen-bond donors (Lipinski definition) is 0. The van der Waals surface area contributed by atoms with Crippen LogP contribution in [0.1, 0.15) is 213 Å². The summed E-state index contributed by atoms with van der Waals surface area (Å²) in [6, 6.07) is 0. The number of rotatable bonds is 51. The largest absolute Gasteiger partial charge is 0.462 e. The Hall–Kier alpha value is -5.75. The predicted molar refractivity (Wildman–Crippen MR) is 334 cm³/mol. The molecule has 1 atom stereocenters. The fourth-order valence-corrected chi connectivity index (χ4v) is 7.20. The number of ether oxygens (including phenoxy) is 3. The van der Waals surface area contributed by atoms with Crippen LogP contribution in [0.4, 0.5) is 0 Å². The Kier molecular flexibility index (Phi) is 58.1. The van der Waals surface area contributed by atoms with E-state index in [2.05, 4.69) is 215 Å². The topological polar surface area (TPSA) is 78.9 Å². The zero-order valence-corrected chi connectivity index (χ0v) is 48.6. The van der Waals surface area contributed by atoms with Gasteiger partial charge in [0.15, 0.2) is 6.10 Å². The quantitative estimate of drug-likeness (QED) is 0.0261. The number of unbranched alkanes of at least 4 members (excludes halogenated alkanes) is 8. The highest BCUT2D eigenvalue weighted by atomic mass is 16.6. The monoisotopic (exact) mass is 1050 g/mol. The van der Waals surface area contributed by atoms with Gasteiger partial charge in [0, 0.05) is 19.3 Å². The fraction of sp³-hybridized carbons (Fsp3) is 0.507. The highest BCUT2D eigenvalue weighted by Gasteiger charge is 2.19. The van der Waals surface area contributed by atoms with E-state index in [1.165, 1.54) is 0 Å². The van der Waals surface area contributed by atoms with Crippen LogP contribution in [0.15, 0.2) is 194 Å². The standard InChI is InChI=1S/C71H106O6/c1-4-7-10-13-16-19-22-25-28-31-34-35-38-40-43-46-49-52-55-58-61-64-70(73)76-67-68(77-71(74)65-62-59-56-53-50-47-44-41-37-33-30-27-24-21-18-15-12-9-6-3)66-75-69(72)63-60-57-54-51-48-45-42-39-36-32-29-26-23-20-17-14-11-8-5-2/h7-12,16-21,25-30,34-37,39-41,43,45,47-50,52,68H,4-6,13-15,22-24,31-33,38,42,44,46,51,53-67H2,1-3H3/b10-7-,11-8-,12-9-,19-16-,20-17-,21-18-,28-25-,29-26-,30-27-,35-34-,39-36-,41-37-,43-40-,48-45-,50-47-,52-49-. The number of allylic oxidation sites excluding steroid dienone is 32. The summed E-state index contributed by atoms with van der Waals surface area (Å²) in [5.74, 6) is -1.05. The van der Waals surface area contributed by atoms with Crippen molar-refractivity contribution in [3.05, 3.63) is 194 Å². The third-order valence-electron chi connectivity index (χ3n) is 11.6. The molecule has 0 fully saturated rings. The molecule has 1 unspecified atom stereocenters. The molecule has 0 heterocycles. The Morgan fingerprint density at radius 3 is 0.727 bits per heavy atom. The van der Waals surface area contributed by atoms with Crippen LogP contribution in [-0.4, -0.2) is 37.2 Å². The first-order chi connectivity index (χ1) is 38.0. The van der Waals surface area contributed by atoms with Crippen LogP contribution in [0, 0.1) is 0 Å². The molecule has 0 amide bonds. The zero-order valence-electron chi connectivity index (χ0n) is 48.6. The van der Waals surface area contributed by atoms with Gasteiger partial charge in [0.1, 0.15) is 13.2 Å². The van der Waals surface area contributed by atoms with Gasteiger partial charge in [-0.15, -0.1) is 0 Å². The van der Waals surface area contributed by atoms with Crippen molar-refractivity contribution < 1.29 is 28.6 Å². The average Bonchev–Trinajstić information content (AvgIpc) is 3.43. The van der Waals surface area contributed by atoms with Crippen LogP contribution in [-0.2, 0) is 28.6 Å². The summed E-state index contributed by atoms with van der Waals surface area (Å²) in [5, 5.41) is 0. The minimum absolute atomic E-state index is 0.134. The van der Waals surface area contributed by atoms with E-state index in [0.29, 0.717) is 19.3 Å². The van der Waals surface area contributed by atoms with E-state index in [1.54, 1.807) is 0 Å². The lowest BCUT2D eigenvalue weighted by atomic mass is 10.1. The fourth-order valence-electron chi connectivity index (χ4n) is 7.20. The predicted octanol–water partition coefficient (Wildman–Crippen LogP) is 20.6. The van der Waals surface area contributed by atoms with Crippen LogP contribution >= 0.6 is 0 Å². The van der Waals surface area contributed by atoms with Gasteiger partial charge in [-0.3, -0.25) is 14.4 Å². The second-order valence-electron chi connectivity index (χ2n) is 18.8. The summed E-state index contributed by atoms with van der Waals surface area (Å²) >= 11 is 0. The summed E-state index contributed by atoms with van der Waals surface area (Å²) < 4.78 is 16.8. The summed E-state index contributed by atoms with van der Waals surface area (Å²) in [5.41, 5.74) is 0. The first-order valence-electron chi connectivity index (χ1n) is 29.9. The molecule has 426 valence electrons. The maximum atomic E-state index is 12.9. The van der Waals surface area contributed by atoms with Gasteiger partial charge in [0.05, 0.1) is 0 Å². The maximum Gasteiger partial charge on any atom is 0.306 e. The van der Waals surface area contributed by atoms with Crippen LogP contribution in [0.5, 0.6) is 0 Å². The van der Waals surface area contributed by atoms with Gasteiger partial charge in [0.2, 0.25) is 0 Å². The molecule has 0 aliphatic rings. The number of carbonyl (C=O) groups is 3. The molecule has 0 aliphatic carbocycles. The van der Waals surface area contributed by atoms with Gasteiger partial charge in [-0.25, -0.2) is 0 Å². The first kappa shape index (κ1) is 71.2. The maximum absolute atomic E-state index is 12.9. The summed E-state index contributed by atoms with van der Waals surface area (Å²) in [6.45, 7) is 6.18. The smallest absolute Gasteiger partial charge is 0.306 e. The number of hydrogen-bond acceptors (Lipinski definition) is 6. The Balaban J connectivity index is 4.65. The van der Waals surface area contributed by atoms with Gasteiger partial charge < -0.3 is 14.2 Å². The lowest BCUT2D eigenvalue weighted by molar-refractivity contribution is -0.167. The summed E-state index contributed by atoms with van der Waals surface area (Å²) in [6.07, 6.45) is 95.6. The Bertz CT molecular complexity index is 1880. The van der Waals surface area contributed by atoms with E-state index in [1.807, 2.05) is 0 Å². The molecule has 0 spiro atoms. The normalized spacial score (nSPS) is 13.5. The molecular weight excluding hydrogens is 949 g/mol. The van der Waals surface area contributed by atoms with Crippen molar-refractivity contribution in [1.29, 1.82) is 0 Å². The minimum Gasteiger partial charge on any atom is -0.462 e. The molecule has 0 saturated heterocycles. The van der Waals surface area contributed by atoms with Crippen molar-refractivity contribution in [2.24, 2.45) is 0 Å². The molecule has 6 heteroatoms. The molecule has 0 aromatic heterocycles. The summed E-state index contributed by atoms with van der Waals surface area (Å²) in [4.78, 5) is 38.3. The van der Waals surface area contributed by atoms with E-state index >= 15 is 0 Å². The lowest BCUT2D eigenvalue weighted by Gasteiger charge is -2.18. The molecule has 0 rings (SSSR count). The second-order valence-corrected chi connectivity index (χ2v) is 18.8. The van der Waals surface area contributed by atoms with Gasteiger partial charge in [-0.05, 0) is 161 Å². The molecule has 0 N–H and O–H groups in total. The third kappa shape index (κ3) is 61.0. The van der Waals surface area contributed by atoms with Crippen molar-refractivity contribution >= 4 is 17.9 Å². The van der Waals surface area contributed by atoms with E-state index in [9.17, 15) is 14.4 Å². The highest BCUT2D eigenvalue weighted by molar-refractivity contribution is 5.71. The van der Waals surface area contributed by atoms with Crippen molar-refractivity contribution in [3.8, 4) is 0 Å². The Morgan fingerprint density at radius 2 is 0.468 bits per heavy atom. The van der Waals surface area contributed by atoms with Gasteiger partial charge in [-0.2, -0.15) is 0 Å². The Labute approximate surface area is 471 Å². The van der Waals surface area contributed by atoms with E-state index < -0.39 is 6.10 Å². The molecule has 0 bridgehead atoms.